The van der Waals surface area contributed by atoms with Crippen LogP contribution in [-0.2, 0) is 4.79 Å². The molecule has 0 bridgehead atoms. The monoisotopic (exact) mass is 233 g/mol. The van der Waals surface area contributed by atoms with Crippen LogP contribution in [0, 0.1) is 0 Å². The van der Waals surface area contributed by atoms with E-state index in [1.807, 2.05) is 18.7 Å². The molecule has 0 aliphatic carbocycles. The number of rotatable bonds is 9. The fraction of sp³-hybridized carbons (Fsp3) is 0.909. The largest absolute Gasteiger partial charge is 0.481 e. The number of hydrogen-bond donors (Lipinski definition) is 1. The van der Waals surface area contributed by atoms with Gasteiger partial charge in [-0.3, -0.25) is 4.79 Å². The van der Waals surface area contributed by atoms with Gasteiger partial charge in [0.25, 0.3) is 0 Å². The minimum absolute atomic E-state index is 0.152. The Hall–Kier alpha value is -0.220. The highest BCUT2D eigenvalue weighted by molar-refractivity contribution is 7.99. The summed E-state index contributed by atoms with van der Waals surface area (Å²) in [5.74, 6) is 1.63. The van der Waals surface area contributed by atoms with Crippen LogP contribution in [0.3, 0.4) is 0 Å². The molecule has 0 aliphatic rings. The van der Waals surface area contributed by atoms with Crippen molar-refractivity contribution in [1.29, 1.82) is 0 Å². The van der Waals surface area contributed by atoms with Crippen molar-refractivity contribution < 1.29 is 9.90 Å². The second-order valence-electron chi connectivity index (χ2n) is 3.63. The second kappa shape index (κ2) is 9.04. The van der Waals surface area contributed by atoms with Crippen molar-refractivity contribution in [3.05, 3.63) is 0 Å². The minimum Gasteiger partial charge on any atom is -0.481 e. The number of nitrogens with zero attached hydrogens (tertiary/aromatic N) is 1. The Bertz CT molecular complexity index is 176. The summed E-state index contributed by atoms with van der Waals surface area (Å²) in [6.45, 7) is 8.19. The van der Waals surface area contributed by atoms with Crippen molar-refractivity contribution in [2.24, 2.45) is 0 Å². The average Bonchev–Trinajstić information content (AvgIpc) is 2.16. The van der Waals surface area contributed by atoms with Gasteiger partial charge in [0.2, 0.25) is 0 Å². The summed E-state index contributed by atoms with van der Waals surface area (Å²) in [5, 5.41) is 8.71. The summed E-state index contributed by atoms with van der Waals surface area (Å²) in [6, 6.07) is 0.152. The molecule has 0 heterocycles. The molecule has 1 unspecified atom stereocenters. The van der Waals surface area contributed by atoms with Gasteiger partial charge in [-0.05, 0) is 37.9 Å². The Morgan fingerprint density at radius 2 is 2.13 bits per heavy atom. The summed E-state index contributed by atoms with van der Waals surface area (Å²) in [7, 11) is 0. The van der Waals surface area contributed by atoms with Crippen LogP contribution in [0.4, 0.5) is 0 Å². The van der Waals surface area contributed by atoms with Crippen LogP contribution in [0.1, 0.15) is 33.6 Å². The molecule has 15 heavy (non-hydrogen) atoms. The molecule has 90 valence electrons. The summed E-state index contributed by atoms with van der Waals surface area (Å²) >= 11 is 1.94. The third kappa shape index (κ3) is 7.68. The highest BCUT2D eigenvalue weighted by atomic mass is 32.2. The molecule has 0 aliphatic heterocycles. The molecule has 0 fully saturated rings. The predicted molar refractivity (Wildman–Crippen MR) is 66.6 cm³/mol. The van der Waals surface area contributed by atoms with Gasteiger partial charge in [-0.1, -0.05) is 13.8 Å². The molecule has 0 saturated carbocycles. The molecule has 0 rings (SSSR count). The van der Waals surface area contributed by atoms with Gasteiger partial charge in [0.05, 0.1) is 6.42 Å². The Kier molecular flexibility index (Phi) is 8.91. The Labute approximate surface area is 97.2 Å². The van der Waals surface area contributed by atoms with E-state index >= 15 is 0 Å². The van der Waals surface area contributed by atoms with E-state index in [2.05, 4.69) is 18.7 Å². The maximum Gasteiger partial charge on any atom is 0.304 e. The fourth-order valence-corrected chi connectivity index (χ4v) is 2.21. The first-order valence-corrected chi connectivity index (χ1v) is 6.80. The zero-order valence-corrected chi connectivity index (χ0v) is 10.8. The van der Waals surface area contributed by atoms with E-state index in [0.717, 1.165) is 25.3 Å². The van der Waals surface area contributed by atoms with E-state index in [1.165, 1.54) is 5.75 Å². The molecule has 0 amide bonds. The minimum atomic E-state index is -0.705. The van der Waals surface area contributed by atoms with Gasteiger partial charge in [0, 0.05) is 6.04 Å². The van der Waals surface area contributed by atoms with Gasteiger partial charge in [0.1, 0.15) is 0 Å². The molecule has 0 radical (unpaired) electrons. The topological polar surface area (TPSA) is 40.5 Å². The number of carboxylic acids is 1. The SMILES string of the molecule is CCSCCCN(CC)C(C)CC(=O)O. The average molecular weight is 233 g/mol. The summed E-state index contributed by atoms with van der Waals surface area (Å²) in [5.41, 5.74) is 0. The molecular formula is C11H23NO2S. The lowest BCUT2D eigenvalue weighted by molar-refractivity contribution is -0.138. The van der Waals surface area contributed by atoms with Gasteiger partial charge < -0.3 is 10.0 Å². The lowest BCUT2D eigenvalue weighted by Gasteiger charge is -2.26. The second-order valence-corrected chi connectivity index (χ2v) is 5.02. The molecule has 1 N–H and O–H groups in total. The van der Waals surface area contributed by atoms with Gasteiger partial charge in [-0.2, -0.15) is 11.8 Å². The smallest absolute Gasteiger partial charge is 0.304 e. The Morgan fingerprint density at radius 3 is 2.60 bits per heavy atom. The van der Waals surface area contributed by atoms with Crippen molar-refractivity contribution in [2.45, 2.75) is 39.7 Å². The maximum atomic E-state index is 10.6. The molecule has 0 aromatic carbocycles. The molecular weight excluding hydrogens is 210 g/mol. The number of carboxylic acid groups (broad SMARTS) is 1. The van der Waals surface area contributed by atoms with Gasteiger partial charge in [-0.25, -0.2) is 0 Å². The van der Waals surface area contributed by atoms with Crippen LogP contribution in [0.25, 0.3) is 0 Å². The van der Waals surface area contributed by atoms with Crippen molar-refractivity contribution in [3.8, 4) is 0 Å². The predicted octanol–water partition coefficient (Wildman–Crippen LogP) is 2.31. The van der Waals surface area contributed by atoms with Crippen molar-refractivity contribution in [2.75, 3.05) is 24.6 Å². The Morgan fingerprint density at radius 1 is 1.47 bits per heavy atom. The van der Waals surface area contributed by atoms with Crippen molar-refractivity contribution in [3.63, 3.8) is 0 Å². The highest BCUT2D eigenvalue weighted by Crippen LogP contribution is 2.07. The van der Waals surface area contributed by atoms with E-state index in [1.54, 1.807) is 0 Å². The van der Waals surface area contributed by atoms with Crippen molar-refractivity contribution >= 4 is 17.7 Å². The molecule has 1 atom stereocenters. The standard InChI is InChI=1S/C11H23NO2S/c1-4-12(7-6-8-15-5-2)10(3)9-11(13)14/h10H,4-9H2,1-3H3,(H,13,14). The summed E-state index contributed by atoms with van der Waals surface area (Å²) in [4.78, 5) is 12.8. The van der Waals surface area contributed by atoms with Crippen molar-refractivity contribution in [1.82, 2.24) is 4.90 Å². The first kappa shape index (κ1) is 14.8. The lowest BCUT2D eigenvalue weighted by Crippen LogP contribution is -2.35. The fourth-order valence-electron chi connectivity index (χ4n) is 1.59. The Balaban J connectivity index is 3.74. The summed E-state index contributed by atoms with van der Waals surface area (Å²) < 4.78 is 0. The number of hydrogen-bond acceptors (Lipinski definition) is 3. The van der Waals surface area contributed by atoms with Crippen LogP contribution in [0.15, 0.2) is 0 Å². The molecule has 0 aromatic rings. The molecule has 3 nitrogen and oxygen atoms in total. The number of aliphatic carboxylic acids is 1. The third-order valence-electron chi connectivity index (χ3n) is 2.44. The van der Waals surface area contributed by atoms with Gasteiger partial charge >= 0.3 is 5.97 Å². The molecule has 0 aromatic heterocycles. The zero-order chi connectivity index (χ0) is 11.7. The maximum absolute atomic E-state index is 10.6. The van der Waals surface area contributed by atoms with E-state index in [9.17, 15) is 4.79 Å². The van der Waals surface area contributed by atoms with Crippen LogP contribution in [0.2, 0.25) is 0 Å². The van der Waals surface area contributed by atoms with Gasteiger partial charge in [-0.15, -0.1) is 0 Å². The first-order valence-electron chi connectivity index (χ1n) is 5.65. The van der Waals surface area contributed by atoms with Crippen LogP contribution in [-0.4, -0.2) is 46.6 Å². The van der Waals surface area contributed by atoms with Gasteiger partial charge in [0.15, 0.2) is 0 Å². The number of carbonyl (C=O) groups is 1. The van der Waals surface area contributed by atoms with Crippen LogP contribution >= 0.6 is 11.8 Å². The van der Waals surface area contributed by atoms with E-state index in [4.69, 9.17) is 5.11 Å². The quantitative estimate of drug-likeness (QED) is 0.620. The molecule has 0 spiro atoms. The van der Waals surface area contributed by atoms with Crippen LogP contribution in [0.5, 0.6) is 0 Å². The number of thioether (sulfide) groups is 1. The van der Waals surface area contributed by atoms with E-state index < -0.39 is 5.97 Å². The summed E-state index contributed by atoms with van der Waals surface area (Å²) in [6.07, 6.45) is 1.39. The van der Waals surface area contributed by atoms with E-state index in [-0.39, 0.29) is 12.5 Å². The lowest BCUT2D eigenvalue weighted by atomic mass is 10.2. The van der Waals surface area contributed by atoms with E-state index in [0.29, 0.717) is 0 Å². The molecule has 4 heteroatoms. The zero-order valence-electron chi connectivity index (χ0n) is 10.0. The highest BCUT2D eigenvalue weighted by Gasteiger charge is 2.14. The normalized spacial score (nSPS) is 13.1. The third-order valence-corrected chi connectivity index (χ3v) is 3.42. The first-order chi connectivity index (χ1) is 7.11. The molecule has 0 saturated heterocycles. The van der Waals surface area contributed by atoms with Crippen LogP contribution < -0.4 is 0 Å².